The van der Waals surface area contributed by atoms with Crippen LogP contribution in [0.25, 0.3) is 10.9 Å². The van der Waals surface area contributed by atoms with Crippen molar-refractivity contribution >= 4 is 26.7 Å². The summed E-state index contributed by atoms with van der Waals surface area (Å²) in [4.78, 5) is 12.9. The number of aromatic nitrogens is 1. The van der Waals surface area contributed by atoms with Crippen molar-refractivity contribution in [2.24, 2.45) is 5.92 Å². The number of para-hydroxylation sites is 1. The van der Waals surface area contributed by atoms with E-state index in [2.05, 4.69) is 0 Å². The number of hydrogen-bond donors (Lipinski definition) is 0. The summed E-state index contributed by atoms with van der Waals surface area (Å²) in [7, 11) is -3.72. The molecule has 0 amide bonds. The van der Waals surface area contributed by atoms with Crippen LogP contribution < -0.4 is 0 Å². The van der Waals surface area contributed by atoms with Gasteiger partial charge in [-0.15, -0.1) is 0 Å². The summed E-state index contributed by atoms with van der Waals surface area (Å²) in [5, 5.41) is 0.905. The van der Waals surface area contributed by atoms with Crippen molar-refractivity contribution in [1.82, 2.24) is 3.97 Å². The Hall–Kier alpha value is -2.40. The smallest absolute Gasteiger partial charge is 0.268 e. The number of carbonyl (C=O) groups is 1. The van der Waals surface area contributed by atoms with Crippen molar-refractivity contribution in [3.63, 3.8) is 0 Å². The largest absolute Gasteiger partial charge is 0.299 e. The van der Waals surface area contributed by atoms with Crippen LogP contribution in [0.4, 0.5) is 0 Å². The molecule has 1 fully saturated rings. The van der Waals surface area contributed by atoms with Crippen molar-refractivity contribution in [2.75, 3.05) is 0 Å². The number of benzene rings is 2. The maximum atomic E-state index is 13.6. The molecule has 138 valence electrons. The predicted octanol–water partition coefficient (Wildman–Crippen LogP) is 4.20. The zero-order chi connectivity index (χ0) is 18.8. The number of rotatable bonds is 2. The average molecular weight is 379 g/mol. The lowest BCUT2D eigenvalue weighted by Crippen LogP contribution is -2.31. The monoisotopic (exact) mass is 379 g/mol. The van der Waals surface area contributed by atoms with Crippen molar-refractivity contribution < 1.29 is 13.2 Å². The van der Waals surface area contributed by atoms with Gasteiger partial charge in [-0.2, -0.15) is 0 Å². The van der Waals surface area contributed by atoms with E-state index < -0.39 is 10.0 Å². The molecule has 2 aliphatic carbocycles. The molecule has 0 saturated heterocycles. The van der Waals surface area contributed by atoms with Crippen LogP contribution in [0.2, 0.25) is 0 Å². The van der Waals surface area contributed by atoms with E-state index in [4.69, 9.17) is 0 Å². The fourth-order valence-corrected chi connectivity index (χ4v) is 6.37. The number of nitrogens with zero attached hydrogens (tertiary/aromatic N) is 1. The molecule has 2 aromatic carbocycles. The second-order valence-electron chi connectivity index (χ2n) is 7.82. The van der Waals surface area contributed by atoms with Crippen LogP contribution in [0.15, 0.2) is 53.4 Å². The van der Waals surface area contributed by atoms with Gasteiger partial charge in [0.15, 0.2) is 0 Å². The number of hydrogen-bond acceptors (Lipinski definition) is 3. The summed E-state index contributed by atoms with van der Waals surface area (Å²) in [5.74, 6) is 0.478. The normalized spacial score (nSPS) is 22.0. The van der Waals surface area contributed by atoms with Gasteiger partial charge in [-0.1, -0.05) is 35.9 Å². The Morgan fingerprint density at radius 2 is 1.78 bits per heavy atom. The van der Waals surface area contributed by atoms with Crippen LogP contribution in [-0.2, 0) is 21.2 Å². The van der Waals surface area contributed by atoms with Gasteiger partial charge in [0, 0.05) is 23.4 Å². The molecule has 4 nitrogen and oxygen atoms in total. The van der Waals surface area contributed by atoms with E-state index in [-0.39, 0.29) is 11.7 Å². The quantitative estimate of drug-likeness (QED) is 0.671. The fourth-order valence-electron chi connectivity index (χ4n) is 4.80. The maximum Gasteiger partial charge on any atom is 0.268 e. The predicted molar refractivity (Wildman–Crippen MR) is 104 cm³/mol. The molecule has 3 aromatic rings. The minimum Gasteiger partial charge on any atom is -0.299 e. The molecular weight excluding hydrogens is 358 g/mol. The standard InChI is InChI=1S/C22H21NO3S/c1-14-6-9-16(10-7-14)27(25,26)23-19-5-3-2-4-17(19)22-18-12-15(13-20(22)23)8-11-21(18)24/h2-7,9-10,15,18H,8,11-13H2,1H3/t15-,18-/m1/s1. The van der Waals surface area contributed by atoms with E-state index in [0.29, 0.717) is 22.8 Å². The molecule has 2 atom stereocenters. The summed E-state index contributed by atoms with van der Waals surface area (Å²) in [6, 6.07) is 14.6. The van der Waals surface area contributed by atoms with Gasteiger partial charge in [0.25, 0.3) is 10.0 Å². The van der Waals surface area contributed by atoms with E-state index in [9.17, 15) is 13.2 Å². The van der Waals surface area contributed by atoms with E-state index in [0.717, 1.165) is 41.5 Å². The Morgan fingerprint density at radius 3 is 2.56 bits per heavy atom. The third-order valence-corrected chi connectivity index (χ3v) is 7.88. The summed E-state index contributed by atoms with van der Waals surface area (Å²) in [6.45, 7) is 1.94. The van der Waals surface area contributed by atoms with Crippen LogP contribution in [-0.4, -0.2) is 18.2 Å². The summed E-state index contributed by atoms with van der Waals surface area (Å²) >= 11 is 0. The Morgan fingerprint density at radius 1 is 1.04 bits per heavy atom. The Bertz CT molecular complexity index is 1170. The molecule has 1 aromatic heterocycles. The zero-order valence-electron chi connectivity index (χ0n) is 15.2. The lowest BCUT2D eigenvalue weighted by atomic mass is 9.70. The summed E-state index contributed by atoms with van der Waals surface area (Å²) in [6.07, 6.45) is 3.04. The van der Waals surface area contributed by atoms with Crippen LogP contribution in [0.5, 0.6) is 0 Å². The van der Waals surface area contributed by atoms with Gasteiger partial charge in [0.05, 0.1) is 10.4 Å². The van der Waals surface area contributed by atoms with E-state index in [1.54, 1.807) is 12.1 Å². The second-order valence-corrected chi connectivity index (χ2v) is 9.61. The van der Waals surface area contributed by atoms with Crippen LogP contribution in [0, 0.1) is 12.8 Å². The Balaban J connectivity index is 1.83. The lowest BCUT2D eigenvalue weighted by molar-refractivity contribution is -0.123. The highest BCUT2D eigenvalue weighted by atomic mass is 32.2. The molecule has 0 aliphatic heterocycles. The zero-order valence-corrected chi connectivity index (χ0v) is 16.0. The van der Waals surface area contributed by atoms with Gasteiger partial charge in [0.1, 0.15) is 5.78 Å². The van der Waals surface area contributed by atoms with Crippen LogP contribution in [0.1, 0.15) is 42.0 Å². The van der Waals surface area contributed by atoms with Gasteiger partial charge < -0.3 is 0 Å². The molecule has 2 aliphatic rings. The van der Waals surface area contributed by atoms with E-state index in [1.807, 2.05) is 43.3 Å². The van der Waals surface area contributed by atoms with Crippen LogP contribution >= 0.6 is 0 Å². The minimum absolute atomic E-state index is 0.160. The number of aryl methyl sites for hydroxylation is 1. The van der Waals surface area contributed by atoms with Gasteiger partial charge >= 0.3 is 0 Å². The second kappa shape index (κ2) is 5.80. The lowest BCUT2D eigenvalue weighted by Gasteiger charge is -2.34. The first-order valence-corrected chi connectivity index (χ1v) is 10.9. The third kappa shape index (κ3) is 2.41. The number of carbonyl (C=O) groups excluding carboxylic acids is 1. The van der Waals surface area contributed by atoms with Crippen molar-refractivity contribution in [2.45, 2.75) is 43.4 Å². The van der Waals surface area contributed by atoms with E-state index >= 15 is 0 Å². The molecule has 1 heterocycles. The highest BCUT2D eigenvalue weighted by molar-refractivity contribution is 7.90. The third-order valence-electron chi connectivity index (χ3n) is 6.12. The molecule has 27 heavy (non-hydrogen) atoms. The van der Waals surface area contributed by atoms with Gasteiger partial charge in [0.2, 0.25) is 0 Å². The van der Waals surface area contributed by atoms with Crippen LogP contribution in [0.3, 0.4) is 0 Å². The first-order chi connectivity index (χ1) is 13.0. The van der Waals surface area contributed by atoms with Crippen molar-refractivity contribution in [3.05, 3.63) is 65.4 Å². The topological polar surface area (TPSA) is 56.1 Å². The van der Waals surface area contributed by atoms with E-state index in [1.165, 1.54) is 3.97 Å². The maximum absolute atomic E-state index is 13.6. The molecule has 1 saturated carbocycles. The number of ketones is 1. The van der Waals surface area contributed by atoms with Gasteiger partial charge in [-0.25, -0.2) is 12.4 Å². The van der Waals surface area contributed by atoms with Gasteiger partial charge in [-0.05, 0) is 55.9 Å². The van der Waals surface area contributed by atoms with Crippen molar-refractivity contribution in [3.8, 4) is 0 Å². The van der Waals surface area contributed by atoms with Crippen molar-refractivity contribution in [1.29, 1.82) is 0 Å². The average Bonchev–Trinajstić information content (AvgIpc) is 3.00. The highest BCUT2D eigenvalue weighted by Crippen LogP contribution is 2.47. The molecule has 0 spiro atoms. The summed E-state index contributed by atoms with van der Waals surface area (Å²) in [5.41, 5.74) is 3.46. The molecular formula is C22H21NO3S. The first kappa shape index (κ1) is 16.8. The molecule has 2 bridgehead atoms. The Kier molecular flexibility index (Phi) is 3.60. The fraction of sp³-hybridized carbons (Fsp3) is 0.318. The molecule has 0 unspecified atom stereocenters. The molecule has 5 heteroatoms. The summed E-state index contributed by atoms with van der Waals surface area (Å²) < 4.78 is 28.7. The molecule has 5 rings (SSSR count). The molecule has 0 N–H and O–H groups in total. The number of Topliss-reactive ketones (excluding diaryl/α,β-unsaturated/α-hetero) is 1. The number of fused-ring (bicyclic) bond motifs is 6. The Labute approximate surface area is 158 Å². The molecule has 0 radical (unpaired) electrons. The SMILES string of the molecule is Cc1ccc(S(=O)(=O)n2c3c(c4ccccc42)[C@@H]2C[C@@H](CCC2=O)C3)cc1. The van der Waals surface area contributed by atoms with Gasteiger partial charge in [-0.3, -0.25) is 4.79 Å². The highest BCUT2D eigenvalue weighted by Gasteiger charge is 2.41. The minimum atomic E-state index is -3.72. The first-order valence-electron chi connectivity index (χ1n) is 9.44.